The summed E-state index contributed by atoms with van der Waals surface area (Å²) in [5, 5.41) is 2.57. The first-order valence-corrected chi connectivity index (χ1v) is 6.20. The summed E-state index contributed by atoms with van der Waals surface area (Å²) < 4.78 is 26.9. The van der Waals surface area contributed by atoms with Gasteiger partial charge in [0.1, 0.15) is 4.60 Å². The highest BCUT2D eigenvalue weighted by Gasteiger charge is 2.12. The molecule has 98 valence electrons. The molecule has 1 aromatic heterocycles. The van der Waals surface area contributed by atoms with Gasteiger partial charge >= 0.3 is 0 Å². The van der Waals surface area contributed by atoms with E-state index in [9.17, 15) is 13.6 Å². The van der Waals surface area contributed by atoms with Crippen molar-refractivity contribution < 1.29 is 13.6 Å². The molecular weight excluding hydrogens is 318 g/mol. The van der Waals surface area contributed by atoms with Crippen molar-refractivity contribution in [2.75, 3.05) is 5.32 Å². The van der Waals surface area contributed by atoms with E-state index in [-0.39, 0.29) is 12.0 Å². The second kappa shape index (κ2) is 5.88. The van der Waals surface area contributed by atoms with E-state index in [0.717, 1.165) is 6.07 Å². The number of benzene rings is 1. The maximum Gasteiger partial charge on any atom is 0.228 e. The van der Waals surface area contributed by atoms with E-state index >= 15 is 0 Å². The Morgan fingerprint density at radius 1 is 1.26 bits per heavy atom. The molecule has 0 bridgehead atoms. The third kappa shape index (κ3) is 3.35. The first kappa shape index (κ1) is 13.6. The molecule has 0 spiro atoms. The summed E-state index contributed by atoms with van der Waals surface area (Å²) in [4.78, 5) is 15.7. The molecule has 2 aromatic rings. The van der Waals surface area contributed by atoms with Crippen LogP contribution in [0, 0.1) is 11.6 Å². The molecule has 3 nitrogen and oxygen atoms in total. The van der Waals surface area contributed by atoms with Crippen LogP contribution in [0.5, 0.6) is 0 Å². The van der Waals surface area contributed by atoms with Crippen molar-refractivity contribution in [1.29, 1.82) is 0 Å². The highest BCUT2D eigenvalue weighted by Crippen LogP contribution is 2.19. The number of pyridine rings is 1. The average molecular weight is 327 g/mol. The maximum atomic E-state index is 13.4. The van der Waals surface area contributed by atoms with E-state index in [0.29, 0.717) is 10.3 Å². The SMILES string of the molecule is O=C(Cc1cccc(F)c1F)Nc1cccnc1Br. The average Bonchev–Trinajstić information content (AvgIpc) is 2.38. The van der Waals surface area contributed by atoms with Crippen LogP contribution in [0.3, 0.4) is 0 Å². The second-order valence-corrected chi connectivity index (χ2v) is 4.53. The fraction of sp³-hybridized carbons (Fsp3) is 0.0769. The number of hydrogen-bond donors (Lipinski definition) is 1. The van der Waals surface area contributed by atoms with Gasteiger partial charge in [-0.05, 0) is 34.1 Å². The van der Waals surface area contributed by atoms with Crippen LogP contribution in [0.1, 0.15) is 5.56 Å². The van der Waals surface area contributed by atoms with Crippen LogP contribution in [-0.2, 0) is 11.2 Å². The lowest BCUT2D eigenvalue weighted by Crippen LogP contribution is -2.16. The second-order valence-electron chi connectivity index (χ2n) is 3.78. The molecular formula is C13H9BrF2N2O. The number of carbonyl (C=O) groups excluding carboxylic acids is 1. The van der Waals surface area contributed by atoms with E-state index in [1.807, 2.05) is 0 Å². The van der Waals surface area contributed by atoms with Gasteiger partial charge < -0.3 is 5.32 Å². The number of anilines is 1. The smallest absolute Gasteiger partial charge is 0.228 e. The Kier molecular flexibility index (Phi) is 4.21. The van der Waals surface area contributed by atoms with E-state index in [1.54, 1.807) is 18.3 Å². The standard InChI is InChI=1S/C13H9BrF2N2O/c14-13-10(5-2-6-17-13)18-11(19)7-8-3-1-4-9(15)12(8)16/h1-6H,7H2,(H,18,19). The molecule has 0 saturated heterocycles. The topological polar surface area (TPSA) is 42.0 Å². The predicted molar refractivity (Wildman–Crippen MR) is 70.6 cm³/mol. The first-order valence-electron chi connectivity index (χ1n) is 5.41. The largest absolute Gasteiger partial charge is 0.323 e. The molecule has 0 atom stereocenters. The summed E-state index contributed by atoms with van der Waals surface area (Å²) in [5.41, 5.74) is 0.488. The van der Waals surface area contributed by atoms with Crippen molar-refractivity contribution in [3.05, 3.63) is 58.3 Å². The zero-order valence-corrected chi connectivity index (χ0v) is 11.2. The third-order valence-electron chi connectivity index (χ3n) is 2.42. The van der Waals surface area contributed by atoms with E-state index < -0.39 is 17.5 Å². The van der Waals surface area contributed by atoms with Gasteiger partial charge in [0.05, 0.1) is 12.1 Å². The molecule has 0 radical (unpaired) electrons. The Morgan fingerprint density at radius 3 is 2.79 bits per heavy atom. The Bertz CT molecular complexity index is 619. The number of hydrogen-bond acceptors (Lipinski definition) is 2. The van der Waals surface area contributed by atoms with Crippen molar-refractivity contribution in [2.24, 2.45) is 0 Å². The van der Waals surface area contributed by atoms with Crippen molar-refractivity contribution in [3.63, 3.8) is 0 Å². The Labute approximate surface area is 116 Å². The highest BCUT2D eigenvalue weighted by atomic mass is 79.9. The number of aromatic nitrogens is 1. The van der Waals surface area contributed by atoms with Gasteiger partial charge in [0.15, 0.2) is 11.6 Å². The molecule has 0 aliphatic carbocycles. The van der Waals surface area contributed by atoms with Gasteiger partial charge in [-0.3, -0.25) is 4.79 Å². The van der Waals surface area contributed by atoms with Crippen LogP contribution in [0.15, 0.2) is 41.1 Å². The number of nitrogens with one attached hydrogen (secondary N) is 1. The number of halogens is 3. The predicted octanol–water partition coefficient (Wildman–Crippen LogP) is 3.30. The summed E-state index contributed by atoms with van der Waals surface area (Å²) in [6.45, 7) is 0. The van der Waals surface area contributed by atoms with E-state index in [2.05, 4.69) is 26.2 Å². The van der Waals surface area contributed by atoms with Gasteiger partial charge in [-0.25, -0.2) is 13.8 Å². The minimum Gasteiger partial charge on any atom is -0.323 e. The monoisotopic (exact) mass is 326 g/mol. The van der Waals surface area contributed by atoms with Gasteiger partial charge in [0, 0.05) is 11.8 Å². The number of nitrogens with zero attached hydrogens (tertiary/aromatic N) is 1. The molecule has 0 aliphatic heterocycles. The molecule has 19 heavy (non-hydrogen) atoms. The molecule has 6 heteroatoms. The minimum absolute atomic E-state index is 0.0116. The van der Waals surface area contributed by atoms with Gasteiger partial charge in [-0.2, -0.15) is 0 Å². The van der Waals surface area contributed by atoms with E-state index in [4.69, 9.17) is 0 Å². The zero-order chi connectivity index (χ0) is 13.8. The van der Waals surface area contributed by atoms with Crippen LogP contribution in [0.2, 0.25) is 0 Å². The molecule has 1 aromatic carbocycles. The summed E-state index contributed by atoms with van der Waals surface area (Å²) in [6, 6.07) is 7.05. The minimum atomic E-state index is -0.997. The van der Waals surface area contributed by atoms with Crippen molar-refractivity contribution >= 4 is 27.5 Å². The molecule has 2 rings (SSSR count). The van der Waals surface area contributed by atoms with E-state index in [1.165, 1.54) is 12.1 Å². The normalized spacial score (nSPS) is 10.3. The van der Waals surface area contributed by atoms with Gasteiger partial charge in [-0.15, -0.1) is 0 Å². The number of rotatable bonds is 3. The Morgan fingerprint density at radius 2 is 2.05 bits per heavy atom. The summed E-state index contributed by atoms with van der Waals surface area (Å²) in [7, 11) is 0. The van der Waals surface area contributed by atoms with Crippen molar-refractivity contribution in [2.45, 2.75) is 6.42 Å². The molecule has 0 unspecified atom stereocenters. The summed E-state index contributed by atoms with van der Waals surface area (Å²) >= 11 is 3.18. The Hall–Kier alpha value is -1.82. The highest BCUT2D eigenvalue weighted by molar-refractivity contribution is 9.10. The van der Waals surface area contributed by atoms with Gasteiger partial charge in [0.25, 0.3) is 0 Å². The zero-order valence-electron chi connectivity index (χ0n) is 9.66. The summed E-state index contributed by atoms with van der Waals surface area (Å²) in [6.07, 6.45) is 1.32. The van der Waals surface area contributed by atoms with Crippen LogP contribution in [0.25, 0.3) is 0 Å². The van der Waals surface area contributed by atoms with Gasteiger partial charge in [0.2, 0.25) is 5.91 Å². The molecule has 1 amide bonds. The van der Waals surface area contributed by atoms with Crippen LogP contribution in [0.4, 0.5) is 14.5 Å². The number of amides is 1. The molecule has 0 aliphatic rings. The first-order chi connectivity index (χ1) is 9.08. The number of carbonyl (C=O) groups is 1. The Balaban J connectivity index is 2.10. The van der Waals surface area contributed by atoms with Crippen molar-refractivity contribution in [1.82, 2.24) is 4.98 Å². The fourth-order valence-electron chi connectivity index (χ4n) is 1.53. The van der Waals surface area contributed by atoms with Crippen LogP contribution >= 0.6 is 15.9 Å². The lowest BCUT2D eigenvalue weighted by molar-refractivity contribution is -0.115. The maximum absolute atomic E-state index is 13.4. The van der Waals surface area contributed by atoms with Crippen LogP contribution in [-0.4, -0.2) is 10.9 Å². The molecule has 0 saturated carbocycles. The lowest BCUT2D eigenvalue weighted by Gasteiger charge is -2.07. The fourth-order valence-corrected chi connectivity index (χ4v) is 1.88. The van der Waals surface area contributed by atoms with Gasteiger partial charge in [-0.1, -0.05) is 12.1 Å². The van der Waals surface area contributed by atoms with Crippen molar-refractivity contribution in [3.8, 4) is 0 Å². The molecule has 1 N–H and O–H groups in total. The quantitative estimate of drug-likeness (QED) is 0.879. The summed E-state index contributed by atoms with van der Waals surface area (Å²) in [5.74, 6) is -2.41. The molecule has 1 heterocycles. The molecule has 0 fully saturated rings. The lowest BCUT2D eigenvalue weighted by atomic mass is 10.1. The third-order valence-corrected chi connectivity index (χ3v) is 3.05. The van der Waals surface area contributed by atoms with Crippen LogP contribution < -0.4 is 5.32 Å².